The van der Waals surface area contributed by atoms with Crippen molar-refractivity contribution < 1.29 is 23.5 Å². The SMILES string of the molecule is O=[N+]([O-])c1cc(Cl)cc(C=Nc2ccc(OC(F)F)cc2)c1[O-]. The van der Waals surface area contributed by atoms with E-state index in [0.29, 0.717) is 5.69 Å². The van der Waals surface area contributed by atoms with Crippen LogP contribution in [0.3, 0.4) is 0 Å². The number of nitrogens with zero attached hydrogens (tertiary/aromatic N) is 2. The highest BCUT2D eigenvalue weighted by molar-refractivity contribution is 6.31. The summed E-state index contributed by atoms with van der Waals surface area (Å²) in [5.74, 6) is -0.859. The molecular weight excluding hydrogens is 334 g/mol. The number of benzene rings is 2. The van der Waals surface area contributed by atoms with Crippen LogP contribution in [0.15, 0.2) is 41.4 Å². The first kappa shape index (κ1) is 16.6. The molecule has 0 aliphatic carbocycles. The van der Waals surface area contributed by atoms with Gasteiger partial charge in [-0.1, -0.05) is 11.6 Å². The van der Waals surface area contributed by atoms with Gasteiger partial charge >= 0.3 is 6.61 Å². The maximum atomic E-state index is 12.0. The summed E-state index contributed by atoms with van der Waals surface area (Å²) >= 11 is 5.72. The van der Waals surface area contributed by atoms with Gasteiger partial charge in [-0.05, 0) is 41.6 Å². The highest BCUT2D eigenvalue weighted by Gasteiger charge is 2.11. The summed E-state index contributed by atoms with van der Waals surface area (Å²) in [5.41, 5.74) is -0.370. The molecule has 0 amide bonds. The second kappa shape index (κ2) is 7.01. The minimum atomic E-state index is -2.93. The number of hydrogen-bond acceptors (Lipinski definition) is 5. The first-order chi connectivity index (χ1) is 10.9. The van der Waals surface area contributed by atoms with Crippen LogP contribution in [0.4, 0.5) is 20.2 Å². The van der Waals surface area contributed by atoms with Crippen molar-refractivity contribution in [3.63, 3.8) is 0 Å². The molecule has 0 N–H and O–H groups in total. The molecule has 0 saturated carbocycles. The van der Waals surface area contributed by atoms with E-state index in [1.165, 1.54) is 30.3 Å². The van der Waals surface area contributed by atoms with Gasteiger partial charge in [0.25, 0.3) is 5.69 Å². The largest absolute Gasteiger partial charge is 0.867 e. The fraction of sp³-hybridized carbons (Fsp3) is 0.0714. The Morgan fingerprint density at radius 2 is 1.91 bits per heavy atom. The second-order valence-electron chi connectivity index (χ2n) is 4.23. The molecule has 0 radical (unpaired) electrons. The lowest BCUT2D eigenvalue weighted by Gasteiger charge is -2.10. The minimum absolute atomic E-state index is 0.0263. The molecule has 6 nitrogen and oxygen atoms in total. The molecule has 120 valence electrons. The van der Waals surface area contributed by atoms with Gasteiger partial charge in [-0.3, -0.25) is 15.1 Å². The Morgan fingerprint density at radius 1 is 1.26 bits per heavy atom. The second-order valence-corrected chi connectivity index (χ2v) is 4.67. The number of nitro groups is 1. The Labute approximate surface area is 133 Å². The molecule has 0 aliphatic heterocycles. The van der Waals surface area contributed by atoms with Crippen LogP contribution in [-0.2, 0) is 0 Å². The fourth-order valence-electron chi connectivity index (χ4n) is 1.69. The van der Waals surface area contributed by atoms with Crippen molar-refractivity contribution in [3.05, 3.63) is 57.1 Å². The molecule has 0 spiro atoms. The zero-order valence-corrected chi connectivity index (χ0v) is 12.0. The molecule has 23 heavy (non-hydrogen) atoms. The average molecular weight is 342 g/mol. The van der Waals surface area contributed by atoms with Gasteiger partial charge in [0, 0.05) is 17.3 Å². The first-order valence-corrected chi connectivity index (χ1v) is 6.48. The smallest absolute Gasteiger partial charge is 0.387 e. The van der Waals surface area contributed by atoms with Crippen molar-refractivity contribution >= 4 is 29.2 Å². The minimum Gasteiger partial charge on any atom is -0.867 e. The van der Waals surface area contributed by atoms with Gasteiger partial charge in [0.15, 0.2) is 0 Å². The molecule has 0 atom stereocenters. The lowest BCUT2D eigenvalue weighted by Crippen LogP contribution is -2.02. The molecule has 2 aromatic rings. The summed E-state index contributed by atoms with van der Waals surface area (Å²) in [7, 11) is 0. The zero-order valence-electron chi connectivity index (χ0n) is 11.3. The van der Waals surface area contributed by atoms with Crippen LogP contribution in [-0.4, -0.2) is 17.7 Å². The van der Waals surface area contributed by atoms with Gasteiger partial charge in [0.05, 0.1) is 10.6 Å². The molecule has 2 aromatic carbocycles. The quantitative estimate of drug-likeness (QED) is 0.471. The Kier molecular flexibility index (Phi) is 5.07. The Balaban J connectivity index is 2.25. The molecule has 0 aromatic heterocycles. The van der Waals surface area contributed by atoms with Crippen LogP contribution in [0.1, 0.15) is 5.56 Å². The summed E-state index contributed by atoms with van der Waals surface area (Å²) in [5, 5.41) is 22.6. The number of hydrogen-bond donors (Lipinski definition) is 0. The average Bonchev–Trinajstić information content (AvgIpc) is 2.48. The van der Waals surface area contributed by atoms with Gasteiger partial charge in [-0.2, -0.15) is 8.78 Å². The van der Waals surface area contributed by atoms with Gasteiger partial charge < -0.3 is 9.84 Å². The lowest BCUT2D eigenvalue weighted by molar-refractivity contribution is -0.398. The third-order valence-corrected chi connectivity index (χ3v) is 2.89. The van der Waals surface area contributed by atoms with Crippen LogP contribution < -0.4 is 9.84 Å². The van der Waals surface area contributed by atoms with E-state index in [0.717, 1.165) is 12.3 Å². The lowest BCUT2D eigenvalue weighted by atomic mass is 10.2. The van der Waals surface area contributed by atoms with Crippen LogP contribution in [0.2, 0.25) is 5.02 Å². The van der Waals surface area contributed by atoms with E-state index in [1.807, 2.05) is 0 Å². The van der Waals surface area contributed by atoms with Gasteiger partial charge in [0.2, 0.25) is 0 Å². The molecule has 0 unspecified atom stereocenters. The van der Waals surface area contributed by atoms with Gasteiger partial charge in [0.1, 0.15) is 5.75 Å². The van der Waals surface area contributed by atoms with Crippen molar-refractivity contribution in [2.75, 3.05) is 0 Å². The van der Waals surface area contributed by atoms with E-state index in [4.69, 9.17) is 11.6 Å². The van der Waals surface area contributed by atoms with E-state index in [-0.39, 0.29) is 16.3 Å². The maximum Gasteiger partial charge on any atom is 0.387 e. The zero-order chi connectivity index (χ0) is 17.0. The van der Waals surface area contributed by atoms with Crippen LogP contribution in [0.25, 0.3) is 0 Å². The normalized spacial score (nSPS) is 11.1. The maximum absolute atomic E-state index is 12.0. The number of rotatable bonds is 5. The van der Waals surface area contributed by atoms with Crippen LogP contribution in [0, 0.1) is 10.1 Å². The highest BCUT2D eigenvalue weighted by atomic mass is 35.5. The molecule has 2 rings (SSSR count). The third kappa shape index (κ3) is 4.36. The first-order valence-electron chi connectivity index (χ1n) is 6.10. The predicted octanol–water partition coefficient (Wildman–Crippen LogP) is 3.67. The summed E-state index contributed by atoms with van der Waals surface area (Å²) in [6.07, 6.45) is 1.12. The van der Waals surface area contributed by atoms with E-state index < -0.39 is 23.0 Å². The third-order valence-electron chi connectivity index (χ3n) is 2.67. The fourth-order valence-corrected chi connectivity index (χ4v) is 1.91. The van der Waals surface area contributed by atoms with Crippen LogP contribution >= 0.6 is 11.6 Å². The van der Waals surface area contributed by atoms with Gasteiger partial charge in [-0.15, -0.1) is 0 Å². The van der Waals surface area contributed by atoms with Crippen molar-refractivity contribution in [2.45, 2.75) is 6.61 Å². The number of halogens is 3. The van der Waals surface area contributed by atoms with Crippen LogP contribution in [0.5, 0.6) is 11.5 Å². The van der Waals surface area contributed by atoms with Crippen molar-refractivity contribution in [1.29, 1.82) is 0 Å². The van der Waals surface area contributed by atoms with Crippen molar-refractivity contribution in [3.8, 4) is 11.5 Å². The molecule has 0 saturated heterocycles. The predicted molar refractivity (Wildman–Crippen MR) is 77.9 cm³/mol. The number of alkyl halides is 2. The summed E-state index contributed by atoms with van der Waals surface area (Å²) < 4.78 is 28.2. The summed E-state index contributed by atoms with van der Waals surface area (Å²) in [4.78, 5) is 13.9. The molecular formula is C14H8ClF2N2O4-. The van der Waals surface area contributed by atoms with Crippen molar-refractivity contribution in [1.82, 2.24) is 0 Å². The van der Waals surface area contributed by atoms with Gasteiger partial charge in [-0.25, -0.2) is 0 Å². The molecule has 0 fully saturated rings. The molecule has 0 heterocycles. The van der Waals surface area contributed by atoms with Crippen molar-refractivity contribution in [2.24, 2.45) is 4.99 Å². The summed E-state index contributed by atoms with van der Waals surface area (Å²) in [6.45, 7) is -2.93. The topological polar surface area (TPSA) is 87.8 Å². The Hall–Kier alpha value is -2.74. The Morgan fingerprint density at radius 3 is 2.48 bits per heavy atom. The van der Waals surface area contributed by atoms with E-state index in [1.54, 1.807) is 0 Å². The van der Waals surface area contributed by atoms with E-state index in [2.05, 4.69) is 9.73 Å². The molecule has 9 heteroatoms. The van der Waals surface area contributed by atoms with E-state index in [9.17, 15) is 24.0 Å². The standard InChI is InChI=1S/C14H9ClF2N2O4/c15-9-5-8(13(20)12(6-9)19(21)22)7-18-10-1-3-11(4-2-10)23-14(16)17/h1-7,14,20H/p-1. The monoisotopic (exact) mass is 341 g/mol. The molecule has 0 bridgehead atoms. The summed E-state index contributed by atoms with van der Waals surface area (Å²) in [6, 6.07) is 7.52. The molecule has 0 aliphatic rings. The number of ether oxygens (including phenoxy) is 1. The number of nitro benzene ring substituents is 1. The Bertz CT molecular complexity index is 751. The number of aliphatic imine (C=N–C) groups is 1. The highest BCUT2D eigenvalue weighted by Crippen LogP contribution is 2.30. The van der Waals surface area contributed by atoms with E-state index >= 15 is 0 Å².